The highest BCUT2D eigenvalue weighted by Crippen LogP contribution is 2.28. The van der Waals surface area contributed by atoms with E-state index in [4.69, 9.17) is 0 Å². The maximum absolute atomic E-state index is 12.8. The summed E-state index contributed by atoms with van der Waals surface area (Å²) in [6.45, 7) is 1.16. The molecule has 1 unspecified atom stereocenters. The van der Waals surface area contributed by atoms with Crippen molar-refractivity contribution in [1.29, 1.82) is 0 Å². The van der Waals surface area contributed by atoms with E-state index in [2.05, 4.69) is 30.5 Å². The van der Waals surface area contributed by atoms with Gasteiger partial charge in [-0.2, -0.15) is 5.10 Å². The molecule has 180 valence electrons. The van der Waals surface area contributed by atoms with Crippen LogP contribution in [0.2, 0.25) is 0 Å². The summed E-state index contributed by atoms with van der Waals surface area (Å²) in [6, 6.07) is 11.3. The van der Waals surface area contributed by atoms with Gasteiger partial charge in [0.2, 0.25) is 5.91 Å². The number of nitrogens with one attached hydrogen (secondary N) is 3. The summed E-state index contributed by atoms with van der Waals surface area (Å²) in [6.07, 6.45) is -3.34. The molecule has 2 amide bonds. The molecule has 3 aromatic rings. The average molecular weight is 475 g/mol. The van der Waals surface area contributed by atoms with Crippen LogP contribution in [0.1, 0.15) is 28.9 Å². The van der Waals surface area contributed by atoms with Crippen LogP contribution in [0.4, 0.5) is 18.9 Å². The summed E-state index contributed by atoms with van der Waals surface area (Å²) in [5.74, 6) is -1.15. The second-order valence-electron chi connectivity index (χ2n) is 8.04. The van der Waals surface area contributed by atoms with E-state index in [1.807, 2.05) is 18.2 Å². The molecule has 1 atom stereocenters. The number of carbonyl (C=O) groups is 2. The molecule has 0 bridgehead atoms. The van der Waals surface area contributed by atoms with Crippen molar-refractivity contribution in [2.45, 2.75) is 25.7 Å². The van der Waals surface area contributed by atoms with E-state index in [1.165, 1.54) is 25.2 Å². The van der Waals surface area contributed by atoms with Crippen molar-refractivity contribution in [1.82, 2.24) is 20.8 Å². The molecule has 3 N–H and O–H groups in total. The van der Waals surface area contributed by atoms with Crippen molar-refractivity contribution in [3.63, 3.8) is 0 Å². The number of aromatic nitrogens is 2. The Bertz CT molecular complexity index is 1190. The van der Waals surface area contributed by atoms with Gasteiger partial charge >= 0.3 is 6.36 Å². The Morgan fingerprint density at radius 2 is 2.03 bits per heavy atom. The third kappa shape index (κ3) is 5.24. The highest BCUT2D eigenvalue weighted by Gasteiger charge is 2.32. The van der Waals surface area contributed by atoms with Crippen molar-refractivity contribution in [2.75, 3.05) is 25.0 Å². The Hall–Kier alpha value is -3.76. The lowest BCUT2D eigenvalue weighted by Crippen LogP contribution is -2.43. The van der Waals surface area contributed by atoms with Gasteiger partial charge in [0.05, 0.1) is 11.4 Å². The maximum Gasteiger partial charge on any atom is 0.573 e. The highest BCUT2D eigenvalue weighted by atomic mass is 19.4. The minimum Gasteiger partial charge on any atom is -0.405 e. The van der Waals surface area contributed by atoms with Crippen LogP contribution >= 0.6 is 0 Å². The lowest BCUT2D eigenvalue weighted by molar-refractivity contribution is -0.274. The van der Waals surface area contributed by atoms with E-state index in [9.17, 15) is 22.8 Å². The second-order valence-corrected chi connectivity index (χ2v) is 8.04. The van der Waals surface area contributed by atoms with Crippen LogP contribution in [0, 0.1) is 5.92 Å². The van der Waals surface area contributed by atoms with E-state index >= 15 is 0 Å². The Morgan fingerprint density at radius 1 is 1.24 bits per heavy atom. The first-order valence-electron chi connectivity index (χ1n) is 10.8. The Kier molecular flexibility index (Phi) is 6.62. The number of amides is 2. The number of aromatic amines is 1. The van der Waals surface area contributed by atoms with Crippen LogP contribution in [-0.4, -0.2) is 48.5 Å². The monoisotopic (exact) mass is 475 g/mol. The molecule has 4 rings (SSSR count). The van der Waals surface area contributed by atoms with Gasteiger partial charge in [-0.25, -0.2) is 0 Å². The summed E-state index contributed by atoms with van der Waals surface area (Å²) in [5.41, 5.74) is 2.16. The van der Waals surface area contributed by atoms with E-state index in [0.29, 0.717) is 29.6 Å². The molecule has 34 heavy (non-hydrogen) atoms. The average Bonchev–Trinajstić information content (AvgIpc) is 3.25. The zero-order valence-electron chi connectivity index (χ0n) is 18.4. The Morgan fingerprint density at radius 3 is 2.79 bits per heavy atom. The van der Waals surface area contributed by atoms with Gasteiger partial charge < -0.3 is 20.3 Å². The quantitative estimate of drug-likeness (QED) is 0.508. The Balaban J connectivity index is 1.41. The minimum atomic E-state index is -4.80. The number of hydrogen-bond acceptors (Lipinski definition) is 5. The summed E-state index contributed by atoms with van der Waals surface area (Å²) in [4.78, 5) is 26.8. The van der Waals surface area contributed by atoms with E-state index in [1.54, 1.807) is 6.07 Å². The number of para-hydroxylation sites is 1. The number of fused-ring (bicyclic) bond motifs is 1. The van der Waals surface area contributed by atoms with Crippen molar-refractivity contribution in [2.24, 2.45) is 5.92 Å². The molecule has 0 saturated carbocycles. The van der Waals surface area contributed by atoms with Gasteiger partial charge in [0, 0.05) is 43.3 Å². The van der Waals surface area contributed by atoms with Crippen LogP contribution in [-0.2, 0) is 11.3 Å². The zero-order chi connectivity index (χ0) is 24.3. The van der Waals surface area contributed by atoms with Crippen molar-refractivity contribution in [3.8, 4) is 5.75 Å². The molecule has 11 heteroatoms. The molecule has 1 aliphatic rings. The molecule has 1 aromatic heterocycles. The number of piperidine rings is 1. The molecule has 0 spiro atoms. The van der Waals surface area contributed by atoms with Gasteiger partial charge in [-0.15, -0.1) is 13.2 Å². The van der Waals surface area contributed by atoms with Crippen LogP contribution in [0.15, 0.2) is 42.5 Å². The van der Waals surface area contributed by atoms with E-state index in [0.717, 1.165) is 18.7 Å². The molecule has 1 aliphatic heterocycles. The second kappa shape index (κ2) is 9.62. The molecular weight excluding hydrogens is 451 g/mol. The summed E-state index contributed by atoms with van der Waals surface area (Å²) in [7, 11) is 1.54. The number of nitrogens with zero attached hydrogens (tertiary/aromatic N) is 2. The molecular formula is C23H24F3N5O3. The zero-order valence-corrected chi connectivity index (χ0v) is 18.4. The number of carbonyl (C=O) groups excluding carboxylic acids is 2. The molecule has 1 saturated heterocycles. The van der Waals surface area contributed by atoms with Crippen molar-refractivity contribution in [3.05, 3.63) is 53.7 Å². The molecule has 1 fully saturated rings. The molecule has 2 aromatic carbocycles. The van der Waals surface area contributed by atoms with Gasteiger partial charge in [-0.1, -0.05) is 18.2 Å². The predicted molar refractivity (Wildman–Crippen MR) is 119 cm³/mol. The fourth-order valence-corrected chi connectivity index (χ4v) is 4.12. The van der Waals surface area contributed by atoms with Crippen LogP contribution < -0.4 is 20.3 Å². The smallest absolute Gasteiger partial charge is 0.405 e. The SMILES string of the molecule is CNC(=O)c1n[nH]c2cc(N3CCCC(C(=O)NCc4ccccc4OC(F)(F)F)C3)ccc12. The van der Waals surface area contributed by atoms with Crippen molar-refractivity contribution >= 4 is 28.4 Å². The normalized spacial score (nSPS) is 16.4. The molecule has 0 aliphatic carbocycles. The van der Waals surface area contributed by atoms with Gasteiger partial charge in [0.15, 0.2) is 5.69 Å². The Labute approximate surface area is 193 Å². The number of rotatable bonds is 6. The number of hydrogen-bond donors (Lipinski definition) is 3. The summed E-state index contributed by atoms with van der Waals surface area (Å²) < 4.78 is 41.9. The number of halogens is 3. The number of alkyl halides is 3. The third-order valence-electron chi connectivity index (χ3n) is 5.80. The lowest BCUT2D eigenvalue weighted by Gasteiger charge is -2.33. The van der Waals surface area contributed by atoms with Crippen LogP contribution in [0.3, 0.4) is 0 Å². The van der Waals surface area contributed by atoms with Gasteiger partial charge in [0.1, 0.15) is 5.75 Å². The van der Waals surface area contributed by atoms with Gasteiger partial charge in [-0.05, 0) is 37.1 Å². The fraction of sp³-hybridized carbons (Fsp3) is 0.348. The first-order chi connectivity index (χ1) is 16.2. The van der Waals surface area contributed by atoms with Gasteiger partial charge in [0.25, 0.3) is 5.91 Å². The third-order valence-corrected chi connectivity index (χ3v) is 5.80. The summed E-state index contributed by atoms with van der Waals surface area (Å²) in [5, 5.41) is 12.9. The molecule has 0 radical (unpaired) electrons. The summed E-state index contributed by atoms with van der Waals surface area (Å²) >= 11 is 0. The van der Waals surface area contributed by atoms with Crippen molar-refractivity contribution < 1.29 is 27.5 Å². The first kappa shape index (κ1) is 23.4. The number of benzene rings is 2. The van der Waals surface area contributed by atoms with E-state index < -0.39 is 6.36 Å². The topological polar surface area (TPSA) is 99.4 Å². The van der Waals surface area contributed by atoms with Crippen LogP contribution in [0.5, 0.6) is 5.75 Å². The minimum absolute atomic E-state index is 0.0655. The maximum atomic E-state index is 12.8. The molecule has 2 heterocycles. The van der Waals surface area contributed by atoms with Gasteiger partial charge in [-0.3, -0.25) is 14.7 Å². The number of ether oxygens (including phenoxy) is 1. The molecule has 8 nitrogen and oxygen atoms in total. The largest absolute Gasteiger partial charge is 0.573 e. The predicted octanol–water partition coefficient (Wildman–Crippen LogP) is 3.35. The number of anilines is 1. The fourth-order valence-electron chi connectivity index (χ4n) is 4.12. The lowest BCUT2D eigenvalue weighted by atomic mass is 9.96. The highest BCUT2D eigenvalue weighted by molar-refractivity contribution is 6.05. The first-order valence-corrected chi connectivity index (χ1v) is 10.8. The number of H-pyrrole nitrogens is 1. The van der Waals surface area contributed by atoms with Crippen LogP contribution in [0.25, 0.3) is 10.9 Å². The van der Waals surface area contributed by atoms with E-state index in [-0.39, 0.29) is 35.6 Å². The standard InChI is InChI=1S/C23H24F3N5O3/c1-27-22(33)20-17-9-8-16(11-18(17)29-30-20)31-10-4-6-15(13-31)21(32)28-12-14-5-2-3-7-19(14)34-23(24,25)26/h2-3,5,7-9,11,15H,4,6,10,12-13H2,1H3,(H,27,33)(H,28,32)(H,29,30).